The number of aryl methyl sites for hydroxylation is 1. The van der Waals surface area contributed by atoms with E-state index in [1.807, 2.05) is 24.7 Å². The Kier molecular flexibility index (Phi) is 5.52. The van der Waals surface area contributed by atoms with Gasteiger partial charge in [0, 0.05) is 19.6 Å². The summed E-state index contributed by atoms with van der Waals surface area (Å²) in [6.07, 6.45) is 4.49. The first kappa shape index (κ1) is 13.5. The number of amides is 1. The lowest BCUT2D eigenvalue weighted by Gasteiger charge is -2.18. The van der Waals surface area contributed by atoms with E-state index in [1.54, 1.807) is 11.1 Å². The molecule has 0 unspecified atom stereocenters. The molecule has 0 aliphatic carbocycles. The highest BCUT2D eigenvalue weighted by Crippen LogP contribution is 2.08. The molecular weight excluding hydrogens is 218 g/mol. The molecule has 1 rings (SSSR count). The largest absolute Gasteiger partial charge is 0.480 e. The Morgan fingerprint density at radius 2 is 2.12 bits per heavy atom. The van der Waals surface area contributed by atoms with Crippen molar-refractivity contribution in [2.24, 2.45) is 0 Å². The van der Waals surface area contributed by atoms with Crippen molar-refractivity contribution in [2.75, 3.05) is 19.7 Å². The predicted octanol–water partition coefficient (Wildman–Crippen LogP) is 1.54. The van der Waals surface area contributed by atoms with E-state index in [1.165, 1.54) is 0 Å². The molecule has 0 aliphatic rings. The number of nitrogens with zero attached hydrogens (tertiary/aromatic N) is 3. The van der Waals surface area contributed by atoms with Gasteiger partial charge >= 0.3 is 0 Å². The van der Waals surface area contributed by atoms with Gasteiger partial charge in [0.1, 0.15) is 0 Å². The first-order valence-electron chi connectivity index (χ1n) is 6.14. The van der Waals surface area contributed by atoms with Crippen molar-refractivity contribution < 1.29 is 9.53 Å². The van der Waals surface area contributed by atoms with Crippen molar-refractivity contribution in [2.45, 2.75) is 33.7 Å². The Bertz CT molecular complexity index is 345. The first-order chi connectivity index (χ1) is 8.21. The van der Waals surface area contributed by atoms with Gasteiger partial charge in [0.25, 0.3) is 5.91 Å². The maximum atomic E-state index is 11.7. The Morgan fingerprint density at radius 1 is 1.41 bits per heavy atom. The van der Waals surface area contributed by atoms with Crippen LogP contribution in [0.15, 0.2) is 12.4 Å². The monoisotopic (exact) mass is 239 g/mol. The lowest BCUT2D eigenvalue weighted by atomic mass is 10.4. The second-order valence-corrected chi connectivity index (χ2v) is 3.79. The molecule has 5 heteroatoms. The molecule has 0 bridgehead atoms. The molecule has 17 heavy (non-hydrogen) atoms. The molecule has 96 valence electrons. The fourth-order valence-corrected chi connectivity index (χ4v) is 1.58. The summed E-state index contributed by atoms with van der Waals surface area (Å²) in [5, 5.41) is 4.14. The van der Waals surface area contributed by atoms with Crippen LogP contribution < -0.4 is 4.74 Å². The molecule has 0 aliphatic heterocycles. The van der Waals surface area contributed by atoms with Crippen molar-refractivity contribution >= 4 is 5.91 Å². The van der Waals surface area contributed by atoms with Crippen molar-refractivity contribution in [1.82, 2.24) is 14.7 Å². The molecule has 0 radical (unpaired) electrons. The molecule has 0 atom stereocenters. The van der Waals surface area contributed by atoms with E-state index in [2.05, 4.69) is 12.0 Å². The number of hydrogen-bond acceptors (Lipinski definition) is 3. The van der Waals surface area contributed by atoms with E-state index in [0.29, 0.717) is 18.8 Å². The molecule has 0 saturated carbocycles. The number of hydrogen-bond donors (Lipinski definition) is 0. The van der Waals surface area contributed by atoms with Crippen LogP contribution in [0.2, 0.25) is 0 Å². The van der Waals surface area contributed by atoms with Gasteiger partial charge < -0.3 is 9.64 Å². The molecule has 0 spiro atoms. The van der Waals surface area contributed by atoms with E-state index in [-0.39, 0.29) is 12.5 Å². The van der Waals surface area contributed by atoms with Crippen molar-refractivity contribution in [3.05, 3.63) is 12.4 Å². The number of rotatable bonds is 7. The van der Waals surface area contributed by atoms with E-state index in [4.69, 9.17) is 4.74 Å². The number of aromatic nitrogens is 2. The number of carbonyl (C=O) groups excluding carboxylic acids is 1. The van der Waals surface area contributed by atoms with Crippen LogP contribution in [0.5, 0.6) is 5.75 Å². The molecule has 1 amide bonds. The van der Waals surface area contributed by atoms with Gasteiger partial charge in [-0.25, -0.2) is 0 Å². The smallest absolute Gasteiger partial charge is 0.260 e. The minimum Gasteiger partial charge on any atom is -0.480 e. The molecule has 0 fully saturated rings. The summed E-state index contributed by atoms with van der Waals surface area (Å²) < 4.78 is 7.22. The second kappa shape index (κ2) is 6.93. The average molecular weight is 239 g/mol. The lowest BCUT2D eigenvalue weighted by Crippen LogP contribution is -2.34. The summed E-state index contributed by atoms with van der Waals surface area (Å²) in [7, 11) is 0. The predicted molar refractivity (Wildman–Crippen MR) is 65.9 cm³/mol. The van der Waals surface area contributed by atoms with Crippen LogP contribution in [0.1, 0.15) is 27.2 Å². The first-order valence-corrected chi connectivity index (χ1v) is 6.14. The van der Waals surface area contributed by atoms with Crippen molar-refractivity contribution in [3.63, 3.8) is 0 Å². The summed E-state index contributed by atoms with van der Waals surface area (Å²) in [5.41, 5.74) is 0. The normalized spacial score (nSPS) is 10.3. The summed E-state index contributed by atoms with van der Waals surface area (Å²) in [4.78, 5) is 13.4. The highest BCUT2D eigenvalue weighted by atomic mass is 16.5. The summed E-state index contributed by atoms with van der Waals surface area (Å²) in [6, 6.07) is 0. The van der Waals surface area contributed by atoms with Crippen LogP contribution >= 0.6 is 0 Å². The van der Waals surface area contributed by atoms with Crippen LogP contribution in [-0.2, 0) is 11.3 Å². The maximum Gasteiger partial charge on any atom is 0.260 e. The number of carbonyl (C=O) groups is 1. The minimum absolute atomic E-state index is 0.0123. The van der Waals surface area contributed by atoms with Gasteiger partial charge in [-0.15, -0.1) is 0 Å². The number of ether oxygens (including phenoxy) is 1. The molecule has 5 nitrogen and oxygen atoms in total. The number of likely N-dealkylation sites (N-methyl/N-ethyl adjacent to an activating group) is 1. The average Bonchev–Trinajstić information content (AvgIpc) is 2.76. The van der Waals surface area contributed by atoms with Gasteiger partial charge in [-0.2, -0.15) is 5.10 Å². The van der Waals surface area contributed by atoms with Crippen LogP contribution in [0, 0.1) is 0 Å². The van der Waals surface area contributed by atoms with Crippen molar-refractivity contribution in [3.8, 4) is 5.75 Å². The Hall–Kier alpha value is -1.52. The summed E-state index contributed by atoms with van der Waals surface area (Å²) in [6.45, 7) is 8.39. The van der Waals surface area contributed by atoms with Crippen LogP contribution in [-0.4, -0.2) is 40.3 Å². The second-order valence-electron chi connectivity index (χ2n) is 3.79. The molecule has 1 heterocycles. The van der Waals surface area contributed by atoms with Crippen LogP contribution in [0.4, 0.5) is 0 Å². The molecule has 0 saturated heterocycles. The zero-order valence-electron chi connectivity index (χ0n) is 10.8. The Morgan fingerprint density at radius 3 is 2.71 bits per heavy atom. The summed E-state index contributed by atoms with van der Waals surface area (Å²) in [5.74, 6) is 0.664. The Balaban J connectivity index is 2.41. The lowest BCUT2D eigenvalue weighted by molar-refractivity contribution is -0.132. The molecule has 0 aromatic carbocycles. The fourth-order valence-electron chi connectivity index (χ4n) is 1.58. The van der Waals surface area contributed by atoms with E-state index in [0.717, 1.165) is 13.0 Å². The fraction of sp³-hybridized carbons (Fsp3) is 0.667. The van der Waals surface area contributed by atoms with Crippen molar-refractivity contribution in [1.29, 1.82) is 0 Å². The molecular formula is C12H21N3O2. The topological polar surface area (TPSA) is 47.4 Å². The van der Waals surface area contributed by atoms with E-state index >= 15 is 0 Å². The minimum atomic E-state index is 0.0123. The van der Waals surface area contributed by atoms with E-state index < -0.39 is 0 Å². The van der Waals surface area contributed by atoms with Crippen LogP contribution in [0.25, 0.3) is 0 Å². The Labute approximate surface area is 102 Å². The third-order valence-electron chi connectivity index (χ3n) is 2.54. The van der Waals surface area contributed by atoms with Gasteiger partial charge in [-0.3, -0.25) is 9.48 Å². The van der Waals surface area contributed by atoms with Gasteiger partial charge in [0.2, 0.25) is 0 Å². The van der Waals surface area contributed by atoms with Gasteiger partial charge in [0.05, 0.1) is 12.4 Å². The highest BCUT2D eigenvalue weighted by Gasteiger charge is 2.10. The van der Waals surface area contributed by atoms with Crippen LogP contribution in [0.3, 0.4) is 0 Å². The van der Waals surface area contributed by atoms with Gasteiger partial charge in [-0.1, -0.05) is 6.92 Å². The van der Waals surface area contributed by atoms with E-state index in [9.17, 15) is 4.79 Å². The standard InChI is InChI=1S/C12H21N3O2/c1-4-7-15-9-11(8-13-15)17-10-12(16)14(5-2)6-3/h8-9H,4-7,10H2,1-3H3. The quantitative estimate of drug-likeness (QED) is 0.725. The zero-order chi connectivity index (χ0) is 12.7. The molecule has 1 aromatic rings. The molecule has 1 aromatic heterocycles. The third-order valence-corrected chi connectivity index (χ3v) is 2.54. The van der Waals surface area contributed by atoms with Gasteiger partial charge in [-0.05, 0) is 20.3 Å². The molecule has 0 N–H and O–H groups in total. The zero-order valence-corrected chi connectivity index (χ0v) is 10.8. The van der Waals surface area contributed by atoms with Gasteiger partial charge in [0.15, 0.2) is 12.4 Å². The highest BCUT2D eigenvalue weighted by molar-refractivity contribution is 5.77. The SMILES string of the molecule is CCCn1cc(OCC(=O)N(CC)CC)cn1. The summed E-state index contributed by atoms with van der Waals surface area (Å²) >= 11 is 0. The third kappa shape index (κ3) is 4.09. The maximum absolute atomic E-state index is 11.7.